The molecular formula is C22H35N3O2. The Morgan fingerprint density at radius 3 is 2.67 bits per heavy atom. The Bertz CT molecular complexity index is 639. The lowest BCUT2D eigenvalue weighted by Gasteiger charge is -2.40. The molecule has 150 valence electrons. The van der Waals surface area contributed by atoms with Gasteiger partial charge in [-0.25, -0.2) is 0 Å². The quantitative estimate of drug-likeness (QED) is 0.626. The lowest BCUT2D eigenvalue weighted by atomic mass is 9.78. The van der Waals surface area contributed by atoms with Crippen molar-refractivity contribution in [2.45, 2.75) is 52.1 Å². The molecule has 1 saturated heterocycles. The normalized spacial score (nSPS) is 26.1. The first kappa shape index (κ1) is 20.0. The second kappa shape index (κ2) is 8.96. The number of guanidine groups is 1. The molecule has 1 aromatic carbocycles. The molecule has 0 amide bonds. The van der Waals surface area contributed by atoms with Crippen LogP contribution in [-0.2, 0) is 4.74 Å². The number of nitrogens with zero attached hydrogens (tertiary/aromatic N) is 1. The van der Waals surface area contributed by atoms with Gasteiger partial charge in [0.05, 0.1) is 12.7 Å². The number of hydrogen-bond acceptors (Lipinski definition) is 3. The van der Waals surface area contributed by atoms with Crippen LogP contribution in [0.4, 0.5) is 0 Å². The maximum Gasteiger partial charge on any atom is 0.191 e. The van der Waals surface area contributed by atoms with E-state index in [1.54, 1.807) is 0 Å². The van der Waals surface area contributed by atoms with Gasteiger partial charge in [-0.2, -0.15) is 0 Å². The molecule has 5 heteroatoms. The maximum absolute atomic E-state index is 6.10. The van der Waals surface area contributed by atoms with Crippen LogP contribution in [0.2, 0.25) is 0 Å². The Morgan fingerprint density at radius 1 is 1.11 bits per heavy atom. The number of nitrogens with one attached hydrogen (secondary N) is 2. The number of rotatable bonds is 4. The van der Waals surface area contributed by atoms with Crippen LogP contribution in [0.1, 0.15) is 51.5 Å². The molecule has 0 aromatic heterocycles. The van der Waals surface area contributed by atoms with Crippen LogP contribution >= 0.6 is 0 Å². The zero-order valence-electron chi connectivity index (χ0n) is 17.3. The molecule has 2 aliphatic rings. The van der Waals surface area contributed by atoms with E-state index < -0.39 is 0 Å². The van der Waals surface area contributed by atoms with Gasteiger partial charge in [0.2, 0.25) is 0 Å². The number of para-hydroxylation sites is 1. The van der Waals surface area contributed by atoms with Crippen molar-refractivity contribution in [1.82, 2.24) is 10.6 Å². The number of aliphatic imine (C=N–C) groups is 1. The van der Waals surface area contributed by atoms with Crippen molar-refractivity contribution in [1.29, 1.82) is 0 Å². The van der Waals surface area contributed by atoms with Gasteiger partial charge in [-0.15, -0.1) is 0 Å². The fourth-order valence-corrected chi connectivity index (χ4v) is 4.31. The molecule has 0 aliphatic carbocycles. The minimum atomic E-state index is 0.162. The summed E-state index contributed by atoms with van der Waals surface area (Å²) in [6.45, 7) is 10.2. The second-order valence-electron chi connectivity index (χ2n) is 8.77. The van der Waals surface area contributed by atoms with Crippen LogP contribution in [0.3, 0.4) is 0 Å². The fourth-order valence-electron chi connectivity index (χ4n) is 4.31. The first-order chi connectivity index (χ1) is 13.0. The van der Waals surface area contributed by atoms with E-state index in [0.717, 1.165) is 50.9 Å². The first-order valence-corrected chi connectivity index (χ1v) is 10.3. The molecule has 2 N–H and O–H groups in total. The molecular weight excluding hydrogens is 338 g/mol. The van der Waals surface area contributed by atoms with E-state index in [1.165, 1.54) is 12.0 Å². The molecule has 3 rings (SSSR count). The smallest absolute Gasteiger partial charge is 0.191 e. The lowest BCUT2D eigenvalue weighted by Crippen LogP contribution is -2.48. The van der Waals surface area contributed by atoms with Gasteiger partial charge < -0.3 is 20.1 Å². The van der Waals surface area contributed by atoms with E-state index in [1.807, 2.05) is 13.1 Å². The van der Waals surface area contributed by atoms with Gasteiger partial charge in [0, 0.05) is 38.6 Å². The van der Waals surface area contributed by atoms with Crippen molar-refractivity contribution in [3.05, 3.63) is 29.8 Å². The average Bonchev–Trinajstić information content (AvgIpc) is 2.67. The predicted octanol–water partition coefficient (Wildman–Crippen LogP) is 3.56. The second-order valence-corrected chi connectivity index (χ2v) is 8.77. The summed E-state index contributed by atoms with van der Waals surface area (Å²) in [7, 11) is 1.84. The Labute approximate surface area is 163 Å². The van der Waals surface area contributed by atoms with Crippen LogP contribution in [0.25, 0.3) is 0 Å². The summed E-state index contributed by atoms with van der Waals surface area (Å²) in [5.74, 6) is 2.86. The van der Waals surface area contributed by atoms with Gasteiger partial charge in [0.1, 0.15) is 5.75 Å². The van der Waals surface area contributed by atoms with E-state index in [4.69, 9.17) is 9.47 Å². The molecule has 0 radical (unpaired) electrons. The van der Waals surface area contributed by atoms with Crippen molar-refractivity contribution in [2.75, 3.05) is 33.4 Å². The van der Waals surface area contributed by atoms with E-state index in [2.05, 4.69) is 54.6 Å². The number of fused-ring (bicyclic) bond motifs is 1. The monoisotopic (exact) mass is 373 g/mol. The Kier molecular flexibility index (Phi) is 6.64. The van der Waals surface area contributed by atoms with Gasteiger partial charge in [0.15, 0.2) is 5.96 Å². The van der Waals surface area contributed by atoms with Gasteiger partial charge in [-0.3, -0.25) is 4.99 Å². The SMILES string of the molecule is CN=C(NCC1CCOc2ccccc21)NCC1CCCOC1C(C)(C)C. The molecule has 3 atom stereocenters. The van der Waals surface area contributed by atoms with Crippen molar-refractivity contribution >= 4 is 5.96 Å². The summed E-state index contributed by atoms with van der Waals surface area (Å²) in [5, 5.41) is 7.05. The van der Waals surface area contributed by atoms with Gasteiger partial charge >= 0.3 is 0 Å². The Hall–Kier alpha value is -1.75. The van der Waals surface area contributed by atoms with Crippen LogP contribution in [0, 0.1) is 11.3 Å². The summed E-state index contributed by atoms with van der Waals surface area (Å²) in [6, 6.07) is 8.35. The van der Waals surface area contributed by atoms with Crippen molar-refractivity contribution in [3.63, 3.8) is 0 Å². The molecule has 2 heterocycles. The largest absolute Gasteiger partial charge is 0.493 e. The molecule has 1 aromatic rings. The van der Waals surface area contributed by atoms with E-state index in [-0.39, 0.29) is 5.41 Å². The minimum absolute atomic E-state index is 0.162. The van der Waals surface area contributed by atoms with Crippen LogP contribution in [0.15, 0.2) is 29.3 Å². The van der Waals surface area contributed by atoms with E-state index in [9.17, 15) is 0 Å². The number of ether oxygens (including phenoxy) is 2. The summed E-state index contributed by atoms with van der Waals surface area (Å²) in [4.78, 5) is 4.42. The highest BCUT2D eigenvalue weighted by Crippen LogP contribution is 2.34. The van der Waals surface area contributed by atoms with Gasteiger partial charge in [-0.1, -0.05) is 39.0 Å². The minimum Gasteiger partial charge on any atom is -0.493 e. The fraction of sp³-hybridized carbons (Fsp3) is 0.682. The Balaban J connectivity index is 1.53. The molecule has 3 unspecified atom stereocenters. The van der Waals surface area contributed by atoms with E-state index >= 15 is 0 Å². The zero-order valence-corrected chi connectivity index (χ0v) is 17.3. The highest BCUT2D eigenvalue weighted by Gasteiger charge is 2.35. The standard InChI is InChI=1S/C22H35N3O2/c1-22(2,3)20-17(8-7-12-27-20)15-25-21(23-4)24-14-16-11-13-26-19-10-6-5-9-18(16)19/h5-6,9-10,16-17,20H,7-8,11-15H2,1-4H3,(H2,23,24,25). The number of hydrogen-bond donors (Lipinski definition) is 2. The first-order valence-electron chi connectivity index (χ1n) is 10.3. The van der Waals surface area contributed by atoms with Crippen LogP contribution in [0.5, 0.6) is 5.75 Å². The van der Waals surface area contributed by atoms with Gasteiger partial charge in [0.25, 0.3) is 0 Å². The Morgan fingerprint density at radius 2 is 1.89 bits per heavy atom. The molecule has 5 nitrogen and oxygen atoms in total. The third-order valence-electron chi connectivity index (χ3n) is 5.65. The average molecular weight is 374 g/mol. The molecule has 0 bridgehead atoms. The van der Waals surface area contributed by atoms with Gasteiger partial charge in [-0.05, 0) is 36.3 Å². The van der Waals surface area contributed by atoms with Crippen molar-refractivity contribution < 1.29 is 9.47 Å². The summed E-state index contributed by atoms with van der Waals surface area (Å²) >= 11 is 0. The molecule has 1 fully saturated rings. The maximum atomic E-state index is 6.10. The third kappa shape index (κ3) is 5.16. The highest BCUT2D eigenvalue weighted by atomic mass is 16.5. The molecule has 0 saturated carbocycles. The third-order valence-corrected chi connectivity index (χ3v) is 5.65. The van der Waals surface area contributed by atoms with Crippen LogP contribution < -0.4 is 15.4 Å². The summed E-state index contributed by atoms with van der Waals surface area (Å²) in [6.07, 6.45) is 3.67. The number of benzene rings is 1. The molecule has 2 aliphatic heterocycles. The van der Waals surface area contributed by atoms with Crippen LogP contribution in [-0.4, -0.2) is 45.4 Å². The topological polar surface area (TPSA) is 54.9 Å². The highest BCUT2D eigenvalue weighted by molar-refractivity contribution is 5.79. The van der Waals surface area contributed by atoms with E-state index in [0.29, 0.717) is 17.9 Å². The predicted molar refractivity (Wildman–Crippen MR) is 111 cm³/mol. The lowest BCUT2D eigenvalue weighted by molar-refractivity contribution is -0.0835. The van der Waals surface area contributed by atoms with Crippen molar-refractivity contribution in [2.24, 2.45) is 16.3 Å². The molecule has 0 spiro atoms. The summed E-state index contributed by atoms with van der Waals surface area (Å²) < 4.78 is 11.9. The zero-order chi connectivity index (χ0) is 19.3. The summed E-state index contributed by atoms with van der Waals surface area (Å²) in [5.41, 5.74) is 1.45. The molecule has 27 heavy (non-hydrogen) atoms. The van der Waals surface area contributed by atoms with Crippen molar-refractivity contribution in [3.8, 4) is 5.75 Å².